The number of ether oxygens (including phenoxy) is 1. The van der Waals surface area contributed by atoms with Crippen molar-refractivity contribution in [2.24, 2.45) is 0 Å². The first-order valence-electron chi connectivity index (χ1n) is 6.89. The Hall–Kier alpha value is -3.66. The first-order valence-corrected chi connectivity index (χ1v) is 6.89. The molecular weight excluding hydrogens is 312 g/mol. The standard InChI is InChI=1S/C17H10N2O5/c1-10-6-17(20)24-16-8-12(3-4-13(10)16)23-15-5-2-11(9-18)7-14(15)19(21)22/h2-8H,1H3. The van der Waals surface area contributed by atoms with E-state index in [2.05, 4.69) is 0 Å². The van der Waals surface area contributed by atoms with Crippen LogP contribution in [0.1, 0.15) is 11.1 Å². The topological polar surface area (TPSA) is 106 Å². The van der Waals surface area contributed by atoms with Crippen LogP contribution in [0.3, 0.4) is 0 Å². The molecule has 0 unspecified atom stereocenters. The summed E-state index contributed by atoms with van der Waals surface area (Å²) in [4.78, 5) is 22.0. The normalized spacial score (nSPS) is 10.3. The summed E-state index contributed by atoms with van der Waals surface area (Å²) in [5.41, 5.74) is 0.446. The summed E-state index contributed by atoms with van der Waals surface area (Å²) in [7, 11) is 0. The molecule has 24 heavy (non-hydrogen) atoms. The van der Waals surface area contributed by atoms with Gasteiger partial charge in [-0.15, -0.1) is 0 Å². The smallest absolute Gasteiger partial charge is 0.336 e. The van der Waals surface area contributed by atoms with E-state index < -0.39 is 10.5 Å². The van der Waals surface area contributed by atoms with Crippen molar-refractivity contribution < 1.29 is 14.1 Å². The van der Waals surface area contributed by atoms with Crippen molar-refractivity contribution in [1.29, 1.82) is 5.26 Å². The lowest BCUT2D eigenvalue weighted by atomic mass is 10.1. The van der Waals surface area contributed by atoms with Gasteiger partial charge in [-0.3, -0.25) is 10.1 Å². The maximum Gasteiger partial charge on any atom is 0.336 e. The zero-order valence-corrected chi connectivity index (χ0v) is 12.5. The predicted molar refractivity (Wildman–Crippen MR) is 85.1 cm³/mol. The summed E-state index contributed by atoms with van der Waals surface area (Å²) < 4.78 is 10.7. The molecule has 0 atom stereocenters. The fourth-order valence-corrected chi connectivity index (χ4v) is 2.31. The molecule has 1 aromatic heterocycles. The third-order valence-electron chi connectivity index (χ3n) is 3.44. The molecule has 0 amide bonds. The van der Waals surface area contributed by atoms with E-state index in [4.69, 9.17) is 14.4 Å². The molecule has 0 saturated carbocycles. The number of nitriles is 1. The summed E-state index contributed by atoms with van der Waals surface area (Å²) in [6, 6.07) is 12.0. The van der Waals surface area contributed by atoms with Gasteiger partial charge in [-0.05, 0) is 36.8 Å². The summed E-state index contributed by atoms with van der Waals surface area (Å²) in [6.45, 7) is 1.78. The number of hydrogen-bond donors (Lipinski definition) is 0. The van der Waals surface area contributed by atoms with Crippen molar-refractivity contribution in [2.75, 3.05) is 0 Å². The molecule has 7 heteroatoms. The number of nitro benzene ring substituents is 1. The second kappa shape index (κ2) is 5.85. The molecule has 0 radical (unpaired) electrons. The molecule has 1 heterocycles. The lowest BCUT2D eigenvalue weighted by Crippen LogP contribution is -1.98. The largest absolute Gasteiger partial charge is 0.450 e. The Balaban J connectivity index is 2.06. The van der Waals surface area contributed by atoms with E-state index in [-0.39, 0.29) is 22.7 Å². The molecule has 0 aliphatic rings. The summed E-state index contributed by atoms with van der Waals surface area (Å²) in [5.74, 6) is 0.275. The molecule has 0 aliphatic heterocycles. The van der Waals surface area contributed by atoms with Crippen molar-refractivity contribution in [3.05, 3.63) is 74.1 Å². The first-order chi connectivity index (χ1) is 11.5. The maximum atomic E-state index is 11.5. The summed E-state index contributed by atoms with van der Waals surface area (Å²) in [6.07, 6.45) is 0. The monoisotopic (exact) mass is 322 g/mol. The highest BCUT2D eigenvalue weighted by Gasteiger charge is 2.17. The number of fused-ring (bicyclic) bond motifs is 1. The van der Waals surface area contributed by atoms with E-state index in [9.17, 15) is 14.9 Å². The van der Waals surface area contributed by atoms with Gasteiger partial charge in [0, 0.05) is 23.6 Å². The van der Waals surface area contributed by atoms with E-state index in [1.807, 2.05) is 6.07 Å². The van der Waals surface area contributed by atoms with Crippen molar-refractivity contribution in [3.8, 4) is 17.6 Å². The van der Waals surface area contributed by atoms with E-state index in [0.717, 1.165) is 17.0 Å². The average Bonchev–Trinajstić information content (AvgIpc) is 2.54. The zero-order valence-electron chi connectivity index (χ0n) is 12.5. The molecule has 0 saturated heterocycles. The van der Waals surface area contributed by atoms with Gasteiger partial charge in [-0.25, -0.2) is 4.79 Å². The zero-order chi connectivity index (χ0) is 17.3. The Bertz CT molecular complexity index is 1060. The van der Waals surface area contributed by atoms with Crippen molar-refractivity contribution >= 4 is 16.7 Å². The molecule has 3 aromatic rings. The van der Waals surface area contributed by atoms with Crippen LogP contribution in [-0.4, -0.2) is 4.92 Å². The molecule has 7 nitrogen and oxygen atoms in total. The van der Waals surface area contributed by atoms with Crippen molar-refractivity contribution in [2.45, 2.75) is 6.92 Å². The highest BCUT2D eigenvalue weighted by molar-refractivity contribution is 5.81. The predicted octanol–water partition coefficient (Wildman–Crippen LogP) is 3.67. The Morgan fingerprint density at radius 2 is 2.00 bits per heavy atom. The molecule has 0 fully saturated rings. The molecule has 0 N–H and O–H groups in total. The molecular formula is C17H10N2O5. The van der Waals surface area contributed by atoms with Gasteiger partial charge in [-0.1, -0.05) is 0 Å². The van der Waals surface area contributed by atoms with Gasteiger partial charge in [0.2, 0.25) is 5.75 Å². The lowest BCUT2D eigenvalue weighted by Gasteiger charge is -2.08. The molecule has 0 bridgehead atoms. The molecule has 118 valence electrons. The summed E-state index contributed by atoms with van der Waals surface area (Å²) >= 11 is 0. The van der Waals surface area contributed by atoms with Crippen molar-refractivity contribution in [3.63, 3.8) is 0 Å². The number of benzene rings is 2. The number of aryl methyl sites for hydroxylation is 1. The SMILES string of the molecule is Cc1cc(=O)oc2cc(Oc3ccc(C#N)cc3[N+](=O)[O-])ccc12. The Morgan fingerprint density at radius 3 is 2.71 bits per heavy atom. The second-order valence-electron chi connectivity index (χ2n) is 5.06. The summed E-state index contributed by atoms with van der Waals surface area (Å²) in [5, 5.41) is 20.7. The van der Waals surface area contributed by atoms with E-state index in [0.29, 0.717) is 5.58 Å². The highest BCUT2D eigenvalue weighted by Crippen LogP contribution is 2.33. The van der Waals surface area contributed by atoms with Crippen LogP contribution < -0.4 is 10.4 Å². The van der Waals surface area contributed by atoms with E-state index in [1.54, 1.807) is 19.1 Å². The minimum atomic E-state index is -0.624. The van der Waals surface area contributed by atoms with Gasteiger partial charge in [-0.2, -0.15) is 5.26 Å². The first kappa shape index (κ1) is 15.2. The van der Waals surface area contributed by atoms with Crippen LogP contribution in [0.2, 0.25) is 0 Å². The van der Waals surface area contributed by atoms with E-state index in [1.165, 1.54) is 24.3 Å². The fourth-order valence-electron chi connectivity index (χ4n) is 2.31. The van der Waals surface area contributed by atoms with Crippen molar-refractivity contribution in [1.82, 2.24) is 0 Å². The highest BCUT2D eigenvalue weighted by atomic mass is 16.6. The van der Waals surface area contributed by atoms with Crippen LogP contribution in [-0.2, 0) is 0 Å². The minimum Gasteiger partial charge on any atom is -0.450 e. The number of nitro groups is 1. The average molecular weight is 322 g/mol. The minimum absolute atomic E-state index is 0.00616. The second-order valence-corrected chi connectivity index (χ2v) is 5.06. The van der Waals surface area contributed by atoms with Crippen LogP contribution in [0, 0.1) is 28.4 Å². The van der Waals surface area contributed by atoms with Gasteiger partial charge in [0.05, 0.1) is 16.6 Å². The molecule has 2 aromatic carbocycles. The Kier molecular flexibility index (Phi) is 3.72. The molecule has 0 aliphatic carbocycles. The third-order valence-corrected chi connectivity index (χ3v) is 3.44. The van der Waals surface area contributed by atoms with Gasteiger partial charge in [0.1, 0.15) is 11.3 Å². The van der Waals surface area contributed by atoms with Crippen LogP contribution in [0.25, 0.3) is 11.0 Å². The quantitative estimate of drug-likeness (QED) is 0.413. The van der Waals surface area contributed by atoms with Gasteiger partial charge in [0.25, 0.3) is 0 Å². The van der Waals surface area contributed by atoms with Gasteiger partial charge < -0.3 is 9.15 Å². The van der Waals surface area contributed by atoms with Crippen LogP contribution >= 0.6 is 0 Å². The van der Waals surface area contributed by atoms with E-state index >= 15 is 0 Å². The molecule has 3 rings (SSSR count). The Morgan fingerprint density at radius 1 is 1.21 bits per heavy atom. The molecule has 0 spiro atoms. The number of hydrogen-bond acceptors (Lipinski definition) is 6. The fraction of sp³-hybridized carbons (Fsp3) is 0.0588. The van der Waals surface area contributed by atoms with Crippen LogP contribution in [0.15, 0.2) is 51.7 Å². The Labute approximate surface area is 135 Å². The van der Waals surface area contributed by atoms with Gasteiger partial charge in [0.15, 0.2) is 0 Å². The maximum absolute atomic E-state index is 11.5. The van der Waals surface area contributed by atoms with Crippen LogP contribution in [0.5, 0.6) is 11.5 Å². The lowest BCUT2D eigenvalue weighted by molar-refractivity contribution is -0.385. The van der Waals surface area contributed by atoms with Gasteiger partial charge >= 0.3 is 11.3 Å². The number of rotatable bonds is 3. The van der Waals surface area contributed by atoms with Crippen LogP contribution in [0.4, 0.5) is 5.69 Å². The third kappa shape index (κ3) is 2.80. The number of nitrogens with zero attached hydrogens (tertiary/aromatic N) is 2.